The molecule has 2 nitrogen and oxygen atoms in total. The van der Waals surface area contributed by atoms with Gasteiger partial charge in [0, 0.05) is 32.8 Å². The van der Waals surface area contributed by atoms with Crippen LogP contribution in [0.1, 0.15) is 5.56 Å². The molecule has 0 aliphatic carbocycles. The van der Waals surface area contributed by atoms with Gasteiger partial charge in [0.1, 0.15) is 0 Å². The Morgan fingerprint density at radius 3 is 2.64 bits per heavy atom. The summed E-state index contributed by atoms with van der Waals surface area (Å²) in [4.78, 5) is 0. The van der Waals surface area contributed by atoms with Crippen LogP contribution in [0.5, 0.6) is 0 Å². The van der Waals surface area contributed by atoms with E-state index in [1.807, 2.05) is 30.5 Å². The van der Waals surface area contributed by atoms with Crippen LogP contribution < -0.4 is 5.32 Å². The summed E-state index contributed by atoms with van der Waals surface area (Å²) in [6, 6.07) is 23.3. The Hall–Kier alpha value is -2.91. The molecule has 0 aliphatic heterocycles. The second-order valence-corrected chi connectivity index (χ2v) is 6.95. The first-order valence-electron chi connectivity index (χ1n) is 8.21. The van der Waals surface area contributed by atoms with Crippen LogP contribution in [0, 0.1) is 5.41 Å². The number of hydrogen-bond donors (Lipinski definition) is 2. The van der Waals surface area contributed by atoms with E-state index in [1.165, 1.54) is 25.7 Å². The fourth-order valence-corrected chi connectivity index (χ4v) is 4.33. The Bertz CT molecular complexity index is 1110. The van der Waals surface area contributed by atoms with Crippen LogP contribution in [0.3, 0.4) is 0 Å². The number of thiophene rings is 1. The first-order chi connectivity index (χ1) is 12.3. The largest absolute Gasteiger partial charge is 0.394 e. The van der Waals surface area contributed by atoms with Gasteiger partial charge in [-0.05, 0) is 35.5 Å². The van der Waals surface area contributed by atoms with Crippen LogP contribution in [0.25, 0.3) is 31.3 Å². The van der Waals surface area contributed by atoms with Crippen molar-refractivity contribution in [2.75, 3.05) is 7.05 Å². The number of hydrogen-bond acceptors (Lipinski definition) is 3. The normalized spacial score (nSPS) is 11.4. The molecule has 0 atom stereocenters. The molecule has 0 spiro atoms. The summed E-state index contributed by atoms with van der Waals surface area (Å²) in [5, 5.41) is 13.8. The van der Waals surface area contributed by atoms with Crippen LogP contribution in [-0.4, -0.2) is 12.8 Å². The quantitative estimate of drug-likeness (QED) is 0.450. The molecule has 0 saturated carbocycles. The van der Waals surface area contributed by atoms with E-state index in [2.05, 4.69) is 59.9 Å². The van der Waals surface area contributed by atoms with Gasteiger partial charge in [-0.1, -0.05) is 54.6 Å². The standard InChI is InChI=1S/C22H18N2S/c1-24-13-12-20(23)16-7-4-6-15(14-16)17-9-5-10-19-18-8-2-3-11-21(18)25-22(17)19/h2-14,23-24H,1H3/b13-12-,23-20?. The molecule has 0 radical (unpaired) electrons. The van der Waals surface area contributed by atoms with E-state index in [0.29, 0.717) is 5.71 Å². The molecule has 3 heteroatoms. The van der Waals surface area contributed by atoms with Gasteiger partial charge in [-0.3, -0.25) is 0 Å². The van der Waals surface area contributed by atoms with Gasteiger partial charge in [0.05, 0.1) is 5.71 Å². The Labute approximate surface area is 150 Å². The summed E-state index contributed by atoms with van der Waals surface area (Å²) in [5.74, 6) is 0. The van der Waals surface area contributed by atoms with Crippen molar-refractivity contribution in [1.82, 2.24) is 5.32 Å². The van der Waals surface area contributed by atoms with Crippen LogP contribution in [0.15, 0.2) is 79.0 Å². The second-order valence-electron chi connectivity index (χ2n) is 5.90. The van der Waals surface area contributed by atoms with E-state index in [1.54, 1.807) is 12.3 Å². The highest BCUT2D eigenvalue weighted by Crippen LogP contribution is 2.39. The van der Waals surface area contributed by atoms with Crippen LogP contribution >= 0.6 is 11.3 Å². The molecule has 25 heavy (non-hydrogen) atoms. The Balaban J connectivity index is 1.87. The highest BCUT2D eigenvalue weighted by atomic mass is 32.1. The zero-order chi connectivity index (χ0) is 17.2. The summed E-state index contributed by atoms with van der Waals surface area (Å²) >= 11 is 1.83. The monoisotopic (exact) mass is 342 g/mol. The maximum absolute atomic E-state index is 8.22. The predicted octanol–water partition coefficient (Wildman–Crippen LogP) is 5.82. The molecule has 1 heterocycles. The van der Waals surface area contributed by atoms with Crippen molar-refractivity contribution in [3.8, 4) is 11.1 Å². The van der Waals surface area contributed by atoms with Gasteiger partial charge in [-0.15, -0.1) is 11.3 Å². The van der Waals surface area contributed by atoms with Gasteiger partial charge in [0.2, 0.25) is 0 Å². The highest BCUT2D eigenvalue weighted by Gasteiger charge is 2.10. The number of fused-ring (bicyclic) bond motifs is 3. The SMILES string of the molecule is CN/C=C\C(=N)c1cccc(-c2cccc3c2sc2ccccc23)c1. The van der Waals surface area contributed by atoms with Gasteiger partial charge in [-0.25, -0.2) is 0 Å². The molecular weight excluding hydrogens is 324 g/mol. The van der Waals surface area contributed by atoms with Crippen molar-refractivity contribution in [3.05, 3.63) is 84.6 Å². The molecule has 0 aliphatic rings. The van der Waals surface area contributed by atoms with Gasteiger partial charge in [-0.2, -0.15) is 0 Å². The van der Waals surface area contributed by atoms with Crippen molar-refractivity contribution in [2.24, 2.45) is 0 Å². The first-order valence-corrected chi connectivity index (χ1v) is 9.03. The third-order valence-corrected chi connectivity index (χ3v) is 5.53. The lowest BCUT2D eigenvalue weighted by molar-refractivity contribution is 1.10. The summed E-state index contributed by atoms with van der Waals surface area (Å²) in [5.41, 5.74) is 3.80. The molecule has 0 unspecified atom stereocenters. The smallest absolute Gasteiger partial charge is 0.0626 e. The lowest BCUT2D eigenvalue weighted by atomic mass is 9.99. The molecule has 122 valence electrons. The van der Waals surface area contributed by atoms with Crippen LogP contribution in [0.4, 0.5) is 0 Å². The van der Waals surface area contributed by atoms with Crippen molar-refractivity contribution in [2.45, 2.75) is 0 Å². The number of nitrogens with one attached hydrogen (secondary N) is 2. The van der Waals surface area contributed by atoms with Crippen molar-refractivity contribution in [1.29, 1.82) is 5.41 Å². The lowest BCUT2D eigenvalue weighted by Gasteiger charge is -2.06. The fourth-order valence-electron chi connectivity index (χ4n) is 3.09. The van der Waals surface area contributed by atoms with Gasteiger partial charge in [0.15, 0.2) is 0 Å². The third kappa shape index (κ3) is 2.83. The molecule has 0 bridgehead atoms. The average Bonchev–Trinajstić information content (AvgIpc) is 3.05. The van der Waals surface area contributed by atoms with Gasteiger partial charge < -0.3 is 10.7 Å². The summed E-state index contributed by atoms with van der Waals surface area (Å²) in [6.07, 6.45) is 3.56. The van der Waals surface area contributed by atoms with Crippen LogP contribution in [0.2, 0.25) is 0 Å². The van der Waals surface area contributed by atoms with Crippen molar-refractivity contribution in [3.63, 3.8) is 0 Å². The molecule has 0 saturated heterocycles. The zero-order valence-corrected chi connectivity index (χ0v) is 14.7. The van der Waals surface area contributed by atoms with E-state index in [-0.39, 0.29) is 0 Å². The molecular formula is C22H18N2S. The number of rotatable bonds is 4. The maximum Gasteiger partial charge on any atom is 0.0626 e. The summed E-state index contributed by atoms with van der Waals surface area (Å²) in [7, 11) is 1.84. The van der Waals surface area contributed by atoms with Gasteiger partial charge in [0.25, 0.3) is 0 Å². The lowest BCUT2D eigenvalue weighted by Crippen LogP contribution is -1.98. The summed E-state index contributed by atoms with van der Waals surface area (Å²) < 4.78 is 2.61. The van der Waals surface area contributed by atoms with E-state index < -0.39 is 0 Å². The zero-order valence-electron chi connectivity index (χ0n) is 13.9. The minimum absolute atomic E-state index is 0.500. The Morgan fingerprint density at radius 1 is 0.960 bits per heavy atom. The van der Waals surface area contributed by atoms with E-state index in [9.17, 15) is 0 Å². The highest BCUT2D eigenvalue weighted by molar-refractivity contribution is 7.26. The minimum atomic E-state index is 0.500. The van der Waals surface area contributed by atoms with E-state index in [4.69, 9.17) is 5.41 Å². The maximum atomic E-state index is 8.22. The molecule has 3 aromatic carbocycles. The molecule has 0 amide bonds. The van der Waals surface area contributed by atoms with Crippen molar-refractivity contribution >= 4 is 37.2 Å². The second kappa shape index (κ2) is 6.54. The molecule has 2 N–H and O–H groups in total. The number of allylic oxidation sites excluding steroid dienone is 1. The number of benzene rings is 3. The summed E-state index contributed by atoms with van der Waals surface area (Å²) in [6.45, 7) is 0. The first kappa shape index (κ1) is 15.6. The van der Waals surface area contributed by atoms with E-state index >= 15 is 0 Å². The topological polar surface area (TPSA) is 35.9 Å². The molecule has 0 fully saturated rings. The minimum Gasteiger partial charge on any atom is -0.394 e. The predicted molar refractivity (Wildman–Crippen MR) is 110 cm³/mol. The third-order valence-electron chi connectivity index (χ3n) is 4.31. The molecule has 4 rings (SSSR count). The molecule has 1 aromatic heterocycles. The van der Waals surface area contributed by atoms with Crippen molar-refractivity contribution < 1.29 is 0 Å². The van der Waals surface area contributed by atoms with E-state index in [0.717, 1.165) is 11.1 Å². The Morgan fingerprint density at radius 2 is 1.76 bits per heavy atom. The van der Waals surface area contributed by atoms with Gasteiger partial charge >= 0.3 is 0 Å². The Kier molecular flexibility index (Phi) is 4.08. The average molecular weight is 342 g/mol. The molecule has 4 aromatic rings. The fraction of sp³-hybridized carbons (Fsp3) is 0.0455. The van der Waals surface area contributed by atoms with Crippen LogP contribution in [-0.2, 0) is 0 Å².